The lowest BCUT2D eigenvalue weighted by Crippen LogP contribution is -2.17. The molecule has 2 N–H and O–H groups in total. The van der Waals surface area contributed by atoms with Gasteiger partial charge in [0.1, 0.15) is 0 Å². The molecule has 0 spiro atoms. The SMILES string of the molecule is O=C(O)CC(C(=O)O)c1cccc2c1Cc1ccccc1-2. The van der Waals surface area contributed by atoms with Gasteiger partial charge < -0.3 is 10.2 Å². The van der Waals surface area contributed by atoms with Crippen molar-refractivity contribution in [2.75, 3.05) is 0 Å². The molecule has 3 rings (SSSR count). The maximum atomic E-state index is 11.4. The number of aliphatic carboxylic acids is 2. The Bertz CT molecular complexity index is 733. The van der Waals surface area contributed by atoms with Crippen molar-refractivity contribution < 1.29 is 19.8 Å². The number of carbonyl (C=O) groups is 2. The molecule has 21 heavy (non-hydrogen) atoms. The monoisotopic (exact) mass is 282 g/mol. The second-order valence-corrected chi connectivity index (χ2v) is 5.20. The molecule has 0 bridgehead atoms. The van der Waals surface area contributed by atoms with E-state index in [0.717, 1.165) is 22.3 Å². The first-order valence-corrected chi connectivity index (χ1v) is 6.72. The van der Waals surface area contributed by atoms with E-state index in [1.807, 2.05) is 30.3 Å². The van der Waals surface area contributed by atoms with Crippen LogP contribution in [0.1, 0.15) is 29.0 Å². The fourth-order valence-corrected chi connectivity index (χ4v) is 3.01. The molecule has 0 aromatic heterocycles. The Morgan fingerprint density at radius 1 is 1.00 bits per heavy atom. The van der Waals surface area contributed by atoms with Crippen LogP contribution >= 0.6 is 0 Å². The third-order valence-corrected chi connectivity index (χ3v) is 3.94. The van der Waals surface area contributed by atoms with E-state index < -0.39 is 24.3 Å². The van der Waals surface area contributed by atoms with Crippen molar-refractivity contribution >= 4 is 11.9 Å². The van der Waals surface area contributed by atoms with Gasteiger partial charge in [-0.2, -0.15) is 0 Å². The number of hydrogen-bond acceptors (Lipinski definition) is 2. The van der Waals surface area contributed by atoms with Crippen LogP contribution in [-0.4, -0.2) is 22.2 Å². The quantitative estimate of drug-likeness (QED) is 0.771. The summed E-state index contributed by atoms with van der Waals surface area (Å²) >= 11 is 0. The molecule has 2 aromatic rings. The van der Waals surface area contributed by atoms with Gasteiger partial charge in [0.05, 0.1) is 12.3 Å². The molecule has 4 heteroatoms. The fourth-order valence-electron chi connectivity index (χ4n) is 3.01. The molecular formula is C17H14O4. The minimum Gasteiger partial charge on any atom is -0.481 e. The number of carboxylic acid groups (broad SMARTS) is 2. The first kappa shape index (κ1) is 13.4. The van der Waals surface area contributed by atoms with E-state index >= 15 is 0 Å². The number of carboxylic acids is 2. The van der Waals surface area contributed by atoms with Crippen LogP contribution in [0.3, 0.4) is 0 Å². The van der Waals surface area contributed by atoms with Gasteiger partial charge in [0.15, 0.2) is 0 Å². The molecule has 1 unspecified atom stereocenters. The number of benzene rings is 2. The van der Waals surface area contributed by atoms with Crippen molar-refractivity contribution in [3.63, 3.8) is 0 Å². The third-order valence-electron chi connectivity index (χ3n) is 3.94. The van der Waals surface area contributed by atoms with Gasteiger partial charge in [-0.15, -0.1) is 0 Å². The standard InChI is InChI=1S/C17H14O4/c18-16(19)9-15(17(20)21)13-7-3-6-12-11-5-2-1-4-10(11)8-14(12)13/h1-7,15H,8-9H2,(H,18,19)(H,20,21). The van der Waals surface area contributed by atoms with Crippen LogP contribution < -0.4 is 0 Å². The van der Waals surface area contributed by atoms with Crippen LogP contribution in [0.15, 0.2) is 42.5 Å². The van der Waals surface area contributed by atoms with Gasteiger partial charge in [0.25, 0.3) is 0 Å². The van der Waals surface area contributed by atoms with Crippen LogP contribution in [0.4, 0.5) is 0 Å². The van der Waals surface area contributed by atoms with Crippen LogP contribution in [0.25, 0.3) is 11.1 Å². The van der Waals surface area contributed by atoms with Gasteiger partial charge in [-0.3, -0.25) is 9.59 Å². The van der Waals surface area contributed by atoms with E-state index in [1.54, 1.807) is 12.1 Å². The topological polar surface area (TPSA) is 74.6 Å². The maximum Gasteiger partial charge on any atom is 0.311 e. The Hall–Kier alpha value is -2.62. The molecule has 0 heterocycles. The molecule has 0 saturated carbocycles. The Kier molecular flexibility index (Phi) is 3.22. The van der Waals surface area contributed by atoms with Gasteiger partial charge in [-0.05, 0) is 34.2 Å². The predicted molar refractivity (Wildman–Crippen MR) is 77.3 cm³/mol. The van der Waals surface area contributed by atoms with Crippen LogP contribution in [0.5, 0.6) is 0 Å². The Morgan fingerprint density at radius 2 is 1.71 bits per heavy atom. The highest BCUT2D eigenvalue weighted by Crippen LogP contribution is 2.40. The molecule has 0 saturated heterocycles. The van der Waals surface area contributed by atoms with Gasteiger partial charge in [-0.1, -0.05) is 42.5 Å². The molecule has 1 atom stereocenters. The van der Waals surface area contributed by atoms with E-state index in [4.69, 9.17) is 5.11 Å². The Balaban J connectivity index is 2.11. The minimum atomic E-state index is -1.10. The highest BCUT2D eigenvalue weighted by molar-refractivity contribution is 5.86. The Labute approximate surface area is 121 Å². The average Bonchev–Trinajstić information content (AvgIpc) is 2.83. The molecule has 106 valence electrons. The molecule has 4 nitrogen and oxygen atoms in total. The van der Waals surface area contributed by atoms with E-state index in [9.17, 15) is 14.7 Å². The third kappa shape index (κ3) is 2.29. The zero-order valence-electron chi connectivity index (χ0n) is 11.2. The van der Waals surface area contributed by atoms with Gasteiger partial charge in [0, 0.05) is 0 Å². The summed E-state index contributed by atoms with van der Waals surface area (Å²) in [6.07, 6.45) is 0.257. The van der Waals surface area contributed by atoms with Crippen molar-refractivity contribution in [1.82, 2.24) is 0 Å². The van der Waals surface area contributed by atoms with Crippen LogP contribution in [0, 0.1) is 0 Å². The highest BCUT2D eigenvalue weighted by Gasteiger charge is 2.29. The molecule has 0 aliphatic heterocycles. The molecule has 1 aliphatic rings. The molecular weight excluding hydrogens is 268 g/mol. The predicted octanol–water partition coefficient (Wildman–Crippen LogP) is 2.90. The number of hydrogen-bond donors (Lipinski definition) is 2. The second-order valence-electron chi connectivity index (χ2n) is 5.20. The summed E-state index contributed by atoms with van der Waals surface area (Å²) in [4.78, 5) is 22.4. The summed E-state index contributed by atoms with van der Waals surface area (Å²) in [6, 6.07) is 13.4. The van der Waals surface area contributed by atoms with Crippen LogP contribution in [0.2, 0.25) is 0 Å². The van der Waals surface area contributed by atoms with Gasteiger partial charge in [0.2, 0.25) is 0 Å². The van der Waals surface area contributed by atoms with E-state index in [2.05, 4.69) is 0 Å². The fraction of sp³-hybridized carbons (Fsp3) is 0.176. The summed E-state index contributed by atoms with van der Waals surface area (Å²) in [5, 5.41) is 18.3. The number of fused-ring (bicyclic) bond motifs is 3. The van der Waals surface area contributed by atoms with Gasteiger partial charge in [-0.25, -0.2) is 0 Å². The lowest BCUT2D eigenvalue weighted by Gasteiger charge is -2.15. The zero-order chi connectivity index (χ0) is 15.0. The van der Waals surface area contributed by atoms with Crippen molar-refractivity contribution in [2.45, 2.75) is 18.8 Å². The van der Waals surface area contributed by atoms with E-state index in [0.29, 0.717) is 12.0 Å². The summed E-state index contributed by atoms with van der Waals surface area (Å²) < 4.78 is 0. The average molecular weight is 282 g/mol. The van der Waals surface area contributed by atoms with Crippen molar-refractivity contribution in [3.8, 4) is 11.1 Å². The summed E-state index contributed by atoms with van der Waals surface area (Å²) in [5.41, 5.74) is 4.82. The molecule has 0 fully saturated rings. The zero-order valence-corrected chi connectivity index (χ0v) is 11.2. The van der Waals surface area contributed by atoms with E-state index in [-0.39, 0.29) is 0 Å². The molecule has 0 radical (unpaired) electrons. The molecule has 1 aliphatic carbocycles. The summed E-state index contributed by atoms with van der Waals surface area (Å²) in [7, 11) is 0. The Morgan fingerprint density at radius 3 is 2.43 bits per heavy atom. The lowest BCUT2D eigenvalue weighted by atomic mass is 9.89. The number of rotatable bonds is 4. The minimum absolute atomic E-state index is 0.401. The first-order chi connectivity index (χ1) is 10.1. The highest BCUT2D eigenvalue weighted by atomic mass is 16.4. The van der Waals surface area contributed by atoms with Crippen molar-refractivity contribution in [3.05, 3.63) is 59.2 Å². The second kappa shape index (κ2) is 5.05. The largest absolute Gasteiger partial charge is 0.481 e. The van der Waals surface area contributed by atoms with Crippen LogP contribution in [-0.2, 0) is 16.0 Å². The first-order valence-electron chi connectivity index (χ1n) is 6.72. The normalized spacial score (nSPS) is 13.3. The maximum absolute atomic E-state index is 11.4. The molecule has 0 amide bonds. The smallest absolute Gasteiger partial charge is 0.311 e. The van der Waals surface area contributed by atoms with Crippen molar-refractivity contribution in [1.29, 1.82) is 0 Å². The van der Waals surface area contributed by atoms with Gasteiger partial charge >= 0.3 is 11.9 Å². The van der Waals surface area contributed by atoms with Crippen molar-refractivity contribution in [2.24, 2.45) is 0 Å². The summed E-state index contributed by atoms with van der Waals surface area (Å²) in [6.45, 7) is 0. The van der Waals surface area contributed by atoms with E-state index in [1.165, 1.54) is 0 Å². The lowest BCUT2D eigenvalue weighted by molar-refractivity contribution is -0.145. The molecule has 2 aromatic carbocycles. The summed E-state index contributed by atoms with van der Waals surface area (Å²) in [5.74, 6) is -3.20.